The fraction of sp³-hybridized carbons (Fsp3) is 0.562. The van der Waals surface area contributed by atoms with E-state index in [0.717, 1.165) is 43.4 Å². The Labute approximate surface area is 113 Å². The largest absolute Gasteiger partial charge is 0.497 e. The molecule has 3 heteroatoms. The summed E-state index contributed by atoms with van der Waals surface area (Å²) in [5.41, 5.74) is 1.54. The van der Waals surface area contributed by atoms with Crippen molar-refractivity contribution in [3.05, 3.63) is 29.3 Å². The highest BCUT2D eigenvalue weighted by atomic mass is 16.5. The molecule has 3 nitrogen and oxygen atoms in total. The van der Waals surface area contributed by atoms with E-state index >= 15 is 0 Å². The molecular weight excluding hydrogens is 240 g/mol. The highest BCUT2D eigenvalue weighted by Crippen LogP contribution is 2.51. The van der Waals surface area contributed by atoms with Gasteiger partial charge in [-0.2, -0.15) is 0 Å². The van der Waals surface area contributed by atoms with Gasteiger partial charge in [-0.05, 0) is 54.9 Å². The molecule has 2 atom stereocenters. The van der Waals surface area contributed by atoms with Crippen LogP contribution in [0, 0.1) is 5.92 Å². The predicted octanol–water partition coefficient (Wildman–Crippen LogP) is 3.15. The van der Waals surface area contributed by atoms with Crippen LogP contribution >= 0.6 is 0 Å². The van der Waals surface area contributed by atoms with Gasteiger partial charge in [0.2, 0.25) is 0 Å². The van der Waals surface area contributed by atoms with Crippen LogP contribution in [0.2, 0.25) is 0 Å². The molecule has 0 radical (unpaired) electrons. The van der Waals surface area contributed by atoms with Gasteiger partial charge in [0.25, 0.3) is 0 Å². The van der Waals surface area contributed by atoms with Crippen molar-refractivity contribution in [1.29, 1.82) is 0 Å². The molecule has 0 saturated heterocycles. The Morgan fingerprint density at radius 3 is 2.95 bits per heavy atom. The normalized spacial score (nSPS) is 29.2. The van der Waals surface area contributed by atoms with E-state index in [9.17, 15) is 9.90 Å². The first-order valence-corrected chi connectivity index (χ1v) is 7.09. The van der Waals surface area contributed by atoms with Crippen LogP contribution in [0.3, 0.4) is 0 Å². The fourth-order valence-corrected chi connectivity index (χ4v) is 4.03. The summed E-state index contributed by atoms with van der Waals surface area (Å²) >= 11 is 0. The van der Waals surface area contributed by atoms with Gasteiger partial charge in [-0.1, -0.05) is 18.9 Å². The van der Waals surface area contributed by atoms with E-state index in [0.29, 0.717) is 5.92 Å². The van der Waals surface area contributed by atoms with Gasteiger partial charge in [-0.25, -0.2) is 0 Å². The lowest BCUT2D eigenvalue weighted by Gasteiger charge is -2.45. The summed E-state index contributed by atoms with van der Waals surface area (Å²) in [4.78, 5) is 12.0. The number of hydrogen-bond donors (Lipinski definition) is 1. The average Bonchev–Trinajstić information content (AvgIpc) is 2.46. The van der Waals surface area contributed by atoms with E-state index in [1.54, 1.807) is 7.11 Å². The van der Waals surface area contributed by atoms with Gasteiger partial charge in [-0.3, -0.25) is 4.79 Å². The summed E-state index contributed by atoms with van der Waals surface area (Å²) in [6.45, 7) is 0. The lowest BCUT2D eigenvalue weighted by molar-refractivity contribution is -0.148. The average molecular weight is 260 g/mol. The molecule has 1 N–H and O–H groups in total. The summed E-state index contributed by atoms with van der Waals surface area (Å²) in [7, 11) is 1.64. The zero-order chi connectivity index (χ0) is 13.5. The van der Waals surface area contributed by atoms with Crippen LogP contribution in [-0.4, -0.2) is 18.2 Å². The molecule has 2 aliphatic rings. The number of ether oxygens (including phenoxy) is 1. The Kier molecular flexibility index (Phi) is 3.00. The van der Waals surface area contributed by atoms with Crippen LogP contribution in [0.1, 0.15) is 43.2 Å². The van der Waals surface area contributed by atoms with Crippen molar-refractivity contribution in [2.75, 3.05) is 7.11 Å². The van der Waals surface area contributed by atoms with E-state index in [-0.39, 0.29) is 0 Å². The van der Waals surface area contributed by atoms with E-state index in [1.807, 2.05) is 18.2 Å². The van der Waals surface area contributed by atoms with E-state index in [2.05, 4.69) is 0 Å². The van der Waals surface area contributed by atoms with Crippen LogP contribution in [0.15, 0.2) is 18.2 Å². The first-order valence-electron chi connectivity index (χ1n) is 7.09. The Balaban J connectivity index is 2.17. The second-order valence-electron chi connectivity index (χ2n) is 5.78. The van der Waals surface area contributed by atoms with Crippen LogP contribution in [0.25, 0.3) is 0 Å². The Morgan fingerprint density at radius 1 is 1.37 bits per heavy atom. The fourth-order valence-electron chi connectivity index (χ4n) is 4.03. The number of carbonyl (C=O) groups is 1. The minimum absolute atomic E-state index is 0.290. The van der Waals surface area contributed by atoms with Crippen LogP contribution < -0.4 is 4.74 Å². The van der Waals surface area contributed by atoms with Crippen molar-refractivity contribution in [1.82, 2.24) is 0 Å². The molecule has 0 amide bonds. The number of rotatable bonds is 2. The van der Waals surface area contributed by atoms with Gasteiger partial charge >= 0.3 is 5.97 Å². The molecule has 1 saturated carbocycles. The molecule has 102 valence electrons. The molecule has 2 unspecified atom stereocenters. The van der Waals surface area contributed by atoms with E-state index < -0.39 is 11.4 Å². The molecule has 0 aliphatic heterocycles. The maximum absolute atomic E-state index is 12.0. The number of benzene rings is 1. The number of carboxylic acids is 1. The van der Waals surface area contributed by atoms with Gasteiger partial charge in [0, 0.05) is 0 Å². The molecule has 1 aromatic carbocycles. The summed E-state index contributed by atoms with van der Waals surface area (Å²) in [5, 5.41) is 9.89. The summed E-state index contributed by atoms with van der Waals surface area (Å²) in [6.07, 6.45) is 6.00. The molecular formula is C16H20O3. The lowest BCUT2D eigenvalue weighted by Crippen LogP contribution is -2.48. The van der Waals surface area contributed by atoms with Gasteiger partial charge in [0.15, 0.2) is 0 Å². The second-order valence-corrected chi connectivity index (χ2v) is 5.78. The summed E-state index contributed by atoms with van der Waals surface area (Å²) in [5.74, 6) is 0.412. The molecule has 2 aliphatic carbocycles. The minimum atomic E-state index is -0.666. The highest BCUT2D eigenvalue weighted by Gasteiger charge is 2.51. The number of aryl methyl sites for hydroxylation is 1. The van der Waals surface area contributed by atoms with Crippen molar-refractivity contribution < 1.29 is 14.6 Å². The number of aliphatic carboxylic acids is 1. The van der Waals surface area contributed by atoms with Crippen molar-refractivity contribution in [3.8, 4) is 5.75 Å². The number of carboxylic acid groups (broad SMARTS) is 1. The van der Waals surface area contributed by atoms with Crippen molar-refractivity contribution in [2.24, 2.45) is 5.92 Å². The van der Waals surface area contributed by atoms with Crippen LogP contribution in [0.4, 0.5) is 0 Å². The second kappa shape index (κ2) is 4.55. The van der Waals surface area contributed by atoms with Gasteiger partial charge in [-0.15, -0.1) is 0 Å². The molecule has 0 aromatic heterocycles. The molecule has 0 spiro atoms. The quantitative estimate of drug-likeness (QED) is 0.888. The summed E-state index contributed by atoms with van der Waals surface area (Å²) in [6, 6.07) is 5.95. The zero-order valence-electron chi connectivity index (χ0n) is 11.3. The number of fused-ring (bicyclic) bond motifs is 3. The highest BCUT2D eigenvalue weighted by molar-refractivity contribution is 5.83. The van der Waals surface area contributed by atoms with Gasteiger partial charge in [0.1, 0.15) is 5.75 Å². The van der Waals surface area contributed by atoms with Gasteiger partial charge in [0.05, 0.1) is 12.5 Å². The van der Waals surface area contributed by atoms with Crippen molar-refractivity contribution >= 4 is 5.97 Å². The Hall–Kier alpha value is -1.51. The topological polar surface area (TPSA) is 46.5 Å². The third kappa shape index (κ3) is 1.75. The monoisotopic (exact) mass is 260 g/mol. The van der Waals surface area contributed by atoms with Crippen LogP contribution in [-0.2, 0) is 16.6 Å². The maximum atomic E-state index is 12.0. The SMILES string of the molecule is COc1ccc2c(c1)C1(C(=O)O)CCCCC1CC2. The minimum Gasteiger partial charge on any atom is -0.497 e. The smallest absolute Gasteiger partial charge is 0.314 e. The zero-order valence-corrected chi connectivity index (χ0v) is 11.3. The molecule has 1 aromatic rings. The molecule has 1 fully saturated rings. The van der Waals surface area contributed by atoms with E-state index in [1.165, 1.54) is 12.0 Å². The first-order chi connectivity index (χ1) is 9.18. The number of methoxy groups -OCH3 is 1. The Morgan fingerprint density at radius 2 is 2.21 bits per heavy atom. The predicted molar refractivity (Wildman–Crippen MR) is 72.6 cm³/mol. The van der Waals surface area contributed by atoms with Gasteiger partial charge < -0.3 is 9.84 Å². The molecule has 19 heavy (non-hydrogen) atoms. The lowest BCUT2D eigenvalue weighted by atomic mass is 9.57. The number of hydrogen-bond acceptors (Lipinski definition) is 2. The third-order valence-corrected chi connectivity index (χ3v) is 5.01. The van der Waals surface area contributed by atoms with Crippen molar-refractivity contribution in [3.63, 3.8) is 0 Å². The molecule has 0 heterocycles. The molecule has 3 rings (SSSR count). The summed E-state index contributed by atoms with van der Waals surface area (Å²) < 4.78 is 5.29. The first kappa shape index (κ1) is 12.5. The maximum Gasteiger partial charge on any atom is 0.314 e. The Bertz CT molecular complexity index is 509. The third-order valence-electron chi connectivity index (χ3n) is 5.01. The molecule has 0 bridgehead atoms. The van der Waals surface area contributed by atoms with Crippen LogP contribution in [0.5, 0.6) is 5.75 Å². The standard InChI is InChI=1S/C16H20O3/c1-19-13-8-6-11-5-7-12-4-2-3-9-16(12,15(17)18)14(11)10-13/h6,8,10,12H,2-5,7,9H2,1H3,(H,17,18). The van der Waals surface area contributed by atoms with Crippen molar-refractivity contribution in [2.45, 2.75) is 43.9 Å². The van der Waals surface area contributed by atoms with E-state index in [4.69, 9.17) is 4.74 Å².